The Hall–Kier alpha value is -1.35. The van der Waals surface area contributed by atoms with Crippen molar-refractivity contribution in [1.82, 2.24) is 5.32 Å². The summed E-state index contributed by atoms with van der Waals surface area (Å²) in [5.74, 6) is -0.0244. The van der Waals surface area contributed by atoms with Crippen LogP contribution < -0.4 is 5.32 Å². The number of hydrogen-bond acceptors (Lipinski definition) is 1. The number of rotatable bonds is 2. The van der Waals surface area contributed by atoms with Crippen molar-refractivity contribution in [3.05, 3.63) is 46.4 Å². The molecule has 2 rings (SSSR count). The normalized spacial score (nSPS) is 10.8. The molecule has 0 aliphatic heterocycles. The Bertz CT molecular complexity index is 563. The molecule has 0 radical (unpaired) electrons. The smallest absolute Gasteiger partial charge is 0.252 e. The molecule has 0 unspecified atom stereocenters. The molecule has 1 N–H and O–H groups in total. The van der Waals surface area contributed by atoms with Crippen molar-refractivity contribution >= 4 is 32.6 Å². The second-order valence-corrected chi connectivity index (χ2v) is 5.12. The van der Waals surface area contributed by atoms with E-state index in [4.69, 9.17) is 0 Å². The van der Waals surface area contributed by atoms with Gasteiger partial charge in [0.25, 0.3) is 5.91 Å². The molecule has 0 atom stereocenters. The molecule has 0 aromatic heterocycles. The molecule has 0 aliphatic carbocycles. The van der Waals surface area contributed by atoms with E-state index in [1.165, 1.54) is 0 Å². The van der Waals surface area contributed by atoms with Crippen LogP contribution in [0.15, 0.2) is 40.9 Å². The van der Waals surface area contributed by atoms with Crippen molar-refractivity contribution in [1.29, 1.82) is 0 Å². The molecular weight excluding hydrogens is 278 g/mol. The van der Waals surface area contributed by atoms with Crippen LogP contribution in [0.5, 0.6) is 0 Å². The molecule has 3 heteroatoms. The van der Waals surface area contributed by atoms with Crippen molar-refractivity contribution in [3.63, 3.8) is 0 Å². The molecule has 0 heterocycles. The molecule has 2 nitrogen and oxygen atoms in total. The maximum absolute atomic E-state index is 12.1. The van der Waals surface area contributed by atoms with Crippen LogP contribution >= 0.6 is 15.9 Å². The summed E-state index contributed by atoms with van der Waals surface area (Å²) in [5.41, 5.74) is 0.720. The lowest BCUT2D eigenvalue weighted by Gasteiger charge is -2.11. The maximum Gasteiger partial charge on any atom is 0.252 e. The number of halogens is 1. The van der Waals surface area contributed by atoms with Gasteiger partial charge in [-0.2, -0.15) is 0 Å². The van der Waals surface area contributed by atoms with Gasteiger partial charge in [0.2, 0.25) is 0 Å². The van der Waals surface area contributed by atoms with E-state index >= 15 is 0 Å². The zero-order valence-electron chi connectivity index (χ0n) is 9.83. The van der Waals surface area contributed by atoms with Crippen molar-refractivity contribution in [3.8, 4) is 0 Å². The number of carbonyl (C=O) groups excluding carboxylic acids is 1. The highest BCUT2D eigenvalue weighted by atomic mass is 79.9. The molecule has 0 saturated carbocycles. The molecule has 2 aromatic carbocycles. The van der Waals surface area contributed by atoms with Crippen molar-refractivity contribution in [2.45, 2.75) is 19.9 Å². The van der Waals surface area contributed by atoms with E-state index in [1.54, 1.807) is 0 Å². The fraction of sp³-hybridized carbons (Fsp3) is 0.214. The molecule has 17 heavy (non-hydrogen) atoms. The SMILES string of the molecule is CC(C)NC(=O)c1ccc(Br)c2ccccc12. The molecule has 0 fully saturated rings. The van der Waals surface area contributed by atoms with Crippen molar-refractivity contribution < 1.29 is 4.79 Å². The van der Waals surface area contributed by atoms with Gasteiger partial charge in [0, 0.05) is 16.1 Å². The Morgan fingerprint density at radius 1 is 1.12 bits per heavy atom. The Morgan fingerprint density at radius 3 is 2.41 bits per heavy atom. The van der Waals surface area contributed by atoms with Gasteiger partial charge in [-0.25, -0.2) is 0 Å². The van der Waals surface area contributed by atoms with Crippen molar-refractivity contribution in [2.24, 2.45) is 0 Å². The highest BCUT2D eigenvalue weighted by molar-refractivity contribution is 9.10. The predicted molar refractivity (Wildman–Crippen MR) is 74.3 cm³/mol. The molecule has 0 saturated heterocycles. The first kappa shape index (κ1) is 12.1. The minimum Gasteiger partial charge on any atom is -0.350 e. The lowest BCUT2D eigenvalue weighted by Crippen LogP contribution is -2.30. The summed E-state index contributed by atoms with van der Waals surface area (Å²) in [6, 6.07) is 11.8. The number of fused-ring (bicyclic) bond motifs is 1. The summed E-state index contributed by atoms with van der Waals surface area (Å²) in [6.07, 6.45) is 0. The minimum atomic E-state index is -0.0244. The lowest BCUT2D eigenvalue weighted by molar-refractivity contribution is 0.0945. The largest absolute Gasteiger partial charge is 0.350 e. The first-order chi connectivity index (χ1) is 8.09. The topological polar surface area (TPSA) is 29.1 Å². The zero-order valence-corrected chi connectivity index (χ0v) is 11.4. The third-order valence-electron chi connectivity index (χ3n) is 2.54. The van der Waals surface area contributed by atoms with Gasteiger partial charge < -0.3 is 5.32 Å². The maximum atomic E-state index is 12.1. The monoisotopic (exact) mass is 291 g/mol. The predicted octanol–water partition coefficient (Wildman–Crippen LogP) is 3.74. The van der Waals surface area contributed by atoms with Gasteiger partial charge in [0.15, 0.2) is 0 Å². The third-order valence-corrected chi connectivity index (χ3v) is 3.23. The fourth-order valence-corrected chi connectivity index (χ4v) is 2.28. The number of amides is 1. The van der Waals surface area contributed by atoms with E-state index < -0.39 is 0 Å². The summed E-state index contributed by atoms with van der Waals surface area (Å²) >= 11 is 3.50. The van der Waals surface area contributed by atoms with Gasteiger partial charge in [-0.05, 0) is 36.8 Å². The third kappa shape index (κ3) is 2.50. The van der Waals surface area contributed by atoms with Gasteiger partial charge in [0.05, 0.1) is 0 Å². The number of carbonyl (C=O) groups is 1. The van der Waals surface area contributed by atoms with Gasteiger partial charge >= 0.3 is 0 Å². The summed E-state index contributed by atoms with van der Waals surface area (Å²) in [6.45, 7) is 3.91. The highest BCUT2D eigenvalue weighted by Crippen LogP contribution is 2.26. The van der Waals surface area contributed by atoms with Gasteiger partial charge in [0.1, 0.15) is 0 Å². The first-order valence-corrected chi connectivity index (χ1v) is 6.37. The van der Waals surface area contributed by atoms with Crippen molar-refractivity contribution in [2.75, 3.05) is 0 Å². The van der Waals surface area contributed by atoms with Gasteiger partial charge in [-0.3, -0.25) is 4.79 Å². The molecule has 0 bridgehead atoms. The summed E-state index contributed by atoms with van der Waals surface area (Å²) in [7, 11) is 0. The van der Waals surface area contributed by atoms with Crippen LogP contribution in [0.4, 0.5) is 0 Å². The quantitative estimate of drug-likeness (QED) is 0.897. The average Bonchev–Trinajstić information content (AvgIpc) is 2.29. The second-order valence-electron chi connectivity index (χ2n) is 4.27. The van der Waals surface area contributed by atoms with Crippen LogP contribution in [-0.2, 0) is 0 Å². The standard InChI is InChI=1S/C14H14BrNO/c1-9(2)16-14(17)12-7-8-13(15)11-6-4-3-5-10(11)12/h3-9H,1-2H3,(H,16,17). The average molecular weight is 292 g/mol. The Morgan fingerprint density at radius 2 is 1.76 bits per heavy atom. The molecular formula is C14H14BrNO. The molecule has 0 aliphatic rings. The number of hydrogen-bond donors (Lipinski definition) is 1. The minimum absolute atomic E-state index is 0.0244. The first-order valence-electron chi connectivity index (χ1n) is 5.57. The molecule has 0 spiro atoms. The Kier molecular flexibility index (Phi) is 3.48. The number of nitrogens with one attached hydrogen (secondary N) is 1. The van der Waals surface area contributed by atoms with Crippen LogP contribution in [0.2, 0.25) is 0 Å². The van der Waals surface area contributed by atoms with E-state index in [0.29, 0.717) is 0 Å². The van der Waals surface area contributed by atoms with E-state index in [1.807, 2.05) is 50.2 Å². The molecule has 88 valence electrons. The van der Waals surface area contributed by atoms with E-state index in [0.717, 1.165) is 20.8 Å². The Balaban J connectivity index is 2.55. The number of benzene rings is 2. The Labute approximate surface area is 109 Å². The highest BCUT2D eigenvalue weighted by Gasteiger charge is 2.11. The lowest BCUT2D eigenvalue weighted by atomic mass is 10.0. The van der Waals surface area contributed by atoms with E-state index in [-0.39, 0.29) is 11.9 Å². The molecule has 2 aromatic rings. The zero-order chi connectivity index (χ0) is 12.4. The van der Waals surface area contributed by atoms with Crippen LogP contribution in [0.3, 0.4) is 0 Å². The van der Waals surface area contributed by atoms with Crippen LogP contribution in [0.1, 0.15) is 24.2 Å². The fourth-order valence-electron chi connectivity index (χ4n) is 1.80. The summed E-state index contributed by atoms with van der Waals surface area (Å²) < 4.78 is 1.01. The van der Waals surface area contributed by atoms with Crippen LogP contribution in [0, 0.1) is 0 Å². The summed E-state index contributed by atoms with van der Waals surface area (Å²) in [4.78, 5) is 12.1. The van der Waals surface area contributed by atoms with E-state index in [9.17, 15) is 4.79 Å². The molecule has 1 amide bonds. The van der Waals surface area contributed by atoms with Gasteiger partial charge in [-0.1, -0.05) is 40.2 Å². The van der Waals surface area contributed by atoms with Crippen LogP contribution in [0.25, 0.3) is 10.8 Å². The van der Waals surface area contributed by atoms with Crippen LogP contribution in [-0.4, -0.2) is 11.9 Å². The second kappa shape index (κ2) is 4.88. The van der Waals surface area contributed by atoms with E-state index in [2.05, 4.69) is 21.2 Å². The summed E-state index contributed by atoms with van der Waals surface area (Å²) in [5, 5.41) is 4.95. The van der Waals surface area contributed by atoms with Gasteiger partial charge in [-0.15, -0.1) is 0 Å².